The van der Waals surface area contributed by atoms with Crippen molar-refractivity contribution in [2.45, 2.75) is 45.1 Å². The van der Waals surface area contributed by atoms with Crippen molar-refractivity contribution >= 4 is 11.6 Å². The van der Waals surface area contributed by atoms with Gasteiger partial charge in [0.05, 0.1) is 13.0 Å². The third kappa shape index (κ3) is 4.44. The van der Waals surface area contributed by atoms with E-state index in [9.17, 15) is 4.79 Å². The average Bonchev–Trinajstić information content (AvgIpc) is 2.43. The van der Waals surface area contributed by atoms with E-state index < -0.39 is 0 Å². The van der Waals surface area contributed by atoms with Gasteiger partial charge in [0.2, 0.25) is 5.91 Å². The number of ether oxygens (including phenoxy) is 1. The fraction of sp³-hybridized carbons (Fsp3) is 0.562. The molecule has 0 bridgehead atoms. The molecule has 0 saturated heterocycles. The summed E-state index contributed by atoms with van der Waals surface area (Å²) in [5, 5.41) is 3.60. The molecule has 110 valence electrons. The summed E-state index contributed by atoms with van der Waals surface area (Å²) in [6.07, 6.45) is 5.48. The lowest BCUT2D eigenvalue weighted by molar-refractivity contribution is -0.118. The van der Waals surface area contributed by atoms with Crippen LogP contribution in [0.15, 0.2) is 24.3 Å². The van der Waals surface area contributed by atoms with Gasteiger partial charge in [-0.1, -0.05) is 19.8 Å². The minimum atomic E-state index is -0.338. The molecule has 0 heterocycles. The number of anilines is 1. The van der Waals surface area contributed by atoms with Gasteiger partial charge in [0, 0.05) is 11.7 Å². The zero-order chi connectivity index (χ0) is 14.4. The first kappa shape index (κ1) is 14.7. The minimum absolute atomic E-state index is 0.250. The van der Waals surface area contributed by atoms with Gasteiger partial charge in [0.25, 0.3) is 0 Å². The highest BCUT2D eigenvalue weighted by Gasteiger charge is 2.20. The van der Waals surface area contributed by atoms with Crippen molar-refractivity contribution in [1.29, 1.82) is 0 Å². The molecule has 4 heteroatoms. The van der Waals surface area contributed by atoms with Crippen molar-refractivity contribution in [3.05, 3.63) is 24.3 Å². The van der Waals surface area contributed by atoms with Gasteiger partial charge < -0.3 is 15.8 Å². The maximum atomic E-state index is 10.6. The van der Waals surface area contributed by atoms with Gasteiger partial charge in [-0.25, -0.2) is 0 Å². The van der Waals surface area contributed by atoms with Gasteiger partial charge in [-0.05, 0) is 43.0 Å². The molecule has 0 radical (unpaired) electrons. The summed E-state index contributed by atoms with van der Waals surface area (Å²) in [5.74, 6) is 1.17. The van der Waals surface area contributed by atoms with Crippen LogP contribution < -0.4 is 15.8 Å². The van der Waals surface area contributed by atoms with Gasteiger partial charge in [-0.3, -0.25) is 4.79 Å². The number of carbonyl (C=O) groups excluding carboxylic acids is 1. The number of hydrogen-bond donors (Lipinski definition) is 2. The second-order valence-corrected chi connectivity index (χ2v) is 5.60. The second-order valence-electron chi connectivity index (χ2n) is 5.60. The Labute approximate surface area is 120 Å². The number of carbonyl (C=O) groups is 1. The normalized spacial score (nSPS) is 22.2. The summed E-state index contributed by atoms with van der Waals surface area (Å²) in [6, 6.07) is 8.49. The van der Waals surface area contributed by atoms with E-state index in [-0.39, 0.29) is 12.3 Å². The molecule has 1 aromatic rings. The van der Waals surface area contributed by atoms with Crippen LogP contribution in [0.1, 0.15) is 39.0 Å². The molecule has 0 aliphatic heterocycles. The summed E-state index contributed by atoms with van der Waals surface area (Å²) in [4.78, 5) is 10.6. The maximum Gasteiger partial charge on any atom is 0.220 e. The van der Waals surface area contributed by atoms with Crippen LogP contribution in [0.3, 0.4) is 0 Å². The molecule has 1 aromatic carbocycles. The Kier molecular flexibility index (Phi) is 5.27. The highest BCUT2D eigenvalue weighted by Crippen LogP contribution is 2.27. The van der Waals surface area contributed by atoms with Crippen LogP contribution in [0.4, 0.5) is 5.69 Å². The van der Waals surface area contributed by atoms with Crippen molar-refractivity contribution in [3.63, 3.8) is 0 Å². The van der Waals surface area contributed by atoms with Gasteiger partial charge in [-0.15, -0.1) is 0 Å². The molecule has 1 aliphatic rings. The third-order valence-corrected chi connectivity index (χ3v) is 3.94. The Morgan fingerprint density at radius 3 is 2.65 bits per heavy atom. The maximum absolute atomic E-state index is 10.6. The zero-order valence-corrected chi connectivity index (χ0v) is 12.1. The number of primary amides is 1. The second kappa shape index (κ2) is 7.17. The first-order valence-electron chi connectivity index (χ1n) is 7.43. The lowest BCUT2D eigenvalue weighted by Crippen LogP contribution is -2.30. The van der Waals surface area contributed by atoms with Gasteiger partial charge in [-0.2, -0.15) is 0 Å². The molecule has 4 nitrogen and oxygen atoms in total. The number of nitrogens with two attached hydrogens (primary N) is 1. The fourth-order valence-electron chi connectivity index (χ4n) is 2.66. The van der Waals surface area contributed by atoms with Crippen LogP contribution in [0.2, 0.25) is 0 Å². The molecule has 1 saturated carbocycles. The summed E-state index contributed by atoms with van der Waals surface area (Å²) in [6.45, 7) is 2.65. The zero-order valence-electron chi connectivity index (χ0n) is 12.1. The van der Waals surface area contributed by atoms with E-state index in [4.69, 9.17) is 10.5 Å². The number of amides is 1. The van der Waals surface area contributed by atoms with Crippen LogP contribution >= 0.6 is 0 Å². The van der Waals surface area contributed by atoms with E-state index in [1.807, 2.05) is 24.3 Å². The quantitative estimate of drug-likeness (QED) is 0.839. The summed E-state index contributed by atoms with van der Waals surface area (Å²) < 4.78 is 5.45. The number of nitrogens with one attached hydrogen (secondary N) is 1. The van der Waals surface area contributed by atoms with Crippen LogP contribution in [-0.2, 0) is 4.79 Å². The lowest BCUT2D eigenvalue weighted by atomic mass is 9.86. The molecule has 0 spiro atoms. The molecule has 3 N–H and O–H groups in total. The monoisotopic (exact) mass is 276 g/mol. The Morgan fingerprint density at radius 2 is 2.00 bits per heavy atom. The fourth-order valence-corrected chi connectivity index (χ4v) is 2.66. The van der Waals surface area contributed by atoms with Crippen LogP contribution in [-0.4, -0.2) is 18.6 Å². The molecule has 2 atom stereocenters. The minimum Gasteiger partial charge on any atom is -0.493 e. The van der Waals surface area contributed by atoms with Crippen LogP contribution in [0.5, 0.6) is 5.75 Å². The predicted molar refractivity (Wildman–Crippen MR) is 80.8 cm³/mol. The smallest absolute Gasteiger partial charge is 0.220 e. The van der Waals surface area contributed by atoms with Gasteiger partial charge in [0.15, 0.2) is 0 Å². The molecule has 20 heavy (non-hydrogen) atoms. The van der Waals surface area contributed by atoms with E-state index in [2.05, 4.69) is 12.2 Å². The van der Waals surface area contributed by atoms with Crippen molar-refractivity contribution in [1.82, 2.24) is 0 Å². The highest BCUT2D eigenvalue weighted by molar-refractivity contribution is 5.73. The number of rotatable bonds is 6. The SMILES string of the molecule is CC1CCCCC1Nc1ccc(OCCC(N)=O)cc1. The van der Waals surface area contributed by atoms with Crippen LogP contribution in [0.25, 0.3) is 0 Å². The van der Waals surface area contributed by atoms with Crippen molar-refractivity contribution < 1.29 is 9.53 Å². The largest absolute Gasteiger partial charge is 0.493 e. The van der Waals surface area contributed by atoms with E-state index in [1.54, 1.807) is 0 Å². The first-order valence-corrected chi connectivity index (χ1v) is 7.43. The van der Waals surface area contributed by atoms with E-state index in [1.165, 1.54) is 25.7 Å². The van der Waals surface area contributed by atoms with Crippen molar-refractivity contribution in [2.75, 3.05) is 11.9 Å². The Balaban J connectivity index is 1.83. The summed E-state index contributed by atoms with van der Waals surface area (Å²) >= 11 is 0. The molecule has 2 rings (SSSR count). The average molecular weight is 276 g/mol. The van der Waals surface area contributed by atoms with Crippen molar-refractivity contribution in [3.8, 4) is 5.75 Å². The molecule has 2 unspecified atom stereocenters. The van der Waals surface area contributed by atoms with Crippen LogP contribution in [0, 0.1) is 5.92 Å². The highest BCUT2D eigenvalue weighted by atomic mass is 16.5. The van der Waals surface area contributed by atoms with Crippen molar-refractivity contribution in [2.24, 2.45) is 11.7 Å². The van der Waals surface area contributed by atoms with E-state index in [0.29, 0.717) is 12.6 Å². The summed E-state index contributed by atoms with van der Waals surface area (Å²) in [7, 11) is 0. The Morgan fingerprint density at radius 1 is 1.30 bits per heavy atom. The van der Waals surface area contributed by atoms with Gasteiger partial charge >= 0.3 is 0 Å². The predicted octanol–water partition coefficient (Wildman–Crippen LogP) is 2.93. The van der Waals surface area contributed by atoms with E-state index >= 15 is 0 Å². The number of hydrogen-bond acceptors (Lipinski definition) is 3. The Hall–Kier alpha value is -1.71. The standard InChI is InChI=1S/C16H24N2O2/c1-12-4-2-3-5-15(12)18-13-6-8-14(9-7-13)20-11-10-16(17)19/h6-9,12,15,18H,2-5,10-11H2,1H3,(H2,17,19). The molecule has 1 aliphatic carbocycles. The number of benzene rings is 1. The topological polar surface area (TPSA) is 64.3 Å². The molecule has 1 fully saturated rings. The molecular formula is C16H24N2O2. The summed E-state index contributed by atoms with van der Waals surface area (Å²) in [5.41, 5.74) is 6.20. The van der Waals surface area contributed by atoms with Gasteiger partial charge in [0.1, 0.15) is 5.75 Å². The first-order chi connectivity index (χ1) is 9.65. The third-order valence-electron chi connectivity index (χ3n) is 3.94. The molecular weight excluding hydrogens is 252 g/mol. The Bertz CT molecular complexity index is 431. The molecule has 1 amide bonds. The lowest BCUT2D eigenvalue weighted by Gasteiger charge is -2.30. The van der Waals surface area contributed by atoms with E-state index in [0.717, 1.165) is 17.4 Å². The molecule has 0 aromatic heterocycles.